The molecule has 0 radical (unpaired) electrons. The number of nitrogens with zero attached hydrogens (tertiary/aromatic N) is 2. The van der Waals surface area contributed by atoms with Gasteiger partial charge in [0.25, 0.3) is 0 Å². The van der Waals surface area contributed by atoms with Gasteiger partial charge < -0.3 is 5.32 Å². The zero-order valence-corrected chi connectivity index (χ0v) is 16.5. The highest BCUT2D eigenvalue weighted by molar-refractivity contribution is 14.1. The van der Waals surface area contributed by atoms with E-state index in [1.54, 1.807) is 4.68 Å². The topological polar surface area (TPSA) is 29.9 Å². The van der Waals surface area contributed by atoms with Crippen molar-refractivity contribution in [1.29, 1.82) is 0 Å². The first kappa shape index (κ1) is 18.3. The van der Waals surface area contributed by atoms with Crippen LogP contribution in [0.15, 0.2) is 48.5 Å². The van der Waals surface area contributed by atoms with Gasteiger partial charge in [-0.05, 0) is 72.2 Å². The second-order valence-electron chi connectivity index (χ2n) is 6.50. The quantitative estimate of drug-likeness (QED) is 0.460. The average molecular weight is 483 g/mol. The Morgan fingerprint density at radius 2 is 1.74 bits per heavy atom. The minimum atomic E-state index is -4.34. The largest absolute Gasteiger partial charge is 0.416 e. The Kier molecular flexibility index (Phi) is 4.88. The van der Waals surface area contributed by atoms with Gasteiger partial charge in [0.1, 0.15) is 5.82 Å². The molecule has 0 atom stereocenters. The predicted octanol–water partition coefficient (Wildman–Crippen LogP) is 5.91. The highest BCUT2D eigenvalue weighted by Gasteiger charge is 2.30. The van der Waals surface area contributed by atoms with Crippen LogP contribution in [0, 0.1) is 3.57 Å². The molecule has 0 unspecified atom stereocenters. The maximum Gasteiger partial charge on any atom is 0.416 e. The van der Waals surface area contributed by atoms with Gasteiger partial charge in [0.15, 0.2) is 0 Å². The molecule has 3 nitrogen and oxygen atoms in total. The molecular formula is C20H17F3IN3. The number of alkyl halides is 3. The number of nitrogens with one attached hydrogen (secondary N) is 1. The van der Waals surface area contributed by atoms with Gasteiger partial charge in [-0.1, -0.05) is 18.2 Å². The Morgan fingerprint density at radius 1 is 1.00 bits per heavy atom. The molecule has 1 aliphatic heterocycles. The van der Waals surface area contributed by atoms with Crippen molar-refractivity contribution in [2.24, 2.45) is 0 Å². The summed E-state index contributed by atoms with van der Waals surface area (Å²) in [5, 5.41) is 8.22. The standard InChI is InChI=1S/C20H17F3IN3/c21-20(22,23)13-8-10-14(11-9-13)27-19-16(6-3-4-12-25-19)18(26-27)15-5-1-2-7-17(15)24/h1-2,5,7-11,25H,3-4,6,12H2. The summed E-state index contributed by atoms with van der Waals surface area (Å²) in [5.41, 5.74) is 3.02. The van der Waals surface area contributed by atoms with Crippen LogP contribution in [0.1, 0.15) is 24.0 Å². The smallest absolute Gasteiger partial charge is 0.370 e. The Labute approximate surface area is 168 Å². The zero-order valence-electron chi connectivity index (χ0n) is 14.4. The SMILES string of the molecule is FC(F)(F)c1ccc(-n2nc(-c3ccccc3I)c3c2NCCCC3)cc1. The van der Waals surface area contributed by atoms with Crippen molar-refractivity contribution in [2.75, 3.05) is 11.9 Å². The number of rotatable bonds is 2. The van der Waals surface area contributed by atoms with Gasteiger partial charge in [0.2, 0.25) is 0 Å². The number of hydrogen-bond donors (Lipinski definition) is 1. The monoisotopic (exact) mass is 483 g/mol. The van der Waals surface area contributed by atoms with Crippen LogP contribution in [0.4, 0.5) is 19.0 Å². The van der Waals surface area contributed by atoms with E-state index < -0.39 is 11.7 Å². The predicted molar refractivity (Wildman–Crippen MR) is 108 cm³/mol. The van der Waals surface area contributed by atoms with E-state index in [2.05, 4.69) is 27.9 Å². The van der Waals surface area contributed by atoms with E-state index in [1.165, 1.54) is 12.1 Å². The summed E-state index contributed by atoms with van der Waals surface area (Å²) >= 11 is 2.29. The molecule has 2 aromatic carbocycles. The van der Waals surface area contributed by atoms with Crippen molar-refractivity contribution in [3.8, 4) is 16.9 Å². The lowest BCUT2D eigenvalue weighted by atomic mass is 10.0. The van der Waals surface area contributed by atoms with Crippen molar-refractivity contribution in [2.45, 2.75) is 25.4 Å². The van der Waals surface area contributed by atoms with E-state index in [4.69, 9.17) is 5.10 Å². The molecular weight excluding hydrogens is 466 g/mol. The third-order valence-corrected chi connectivity index (χ3v) is 5.64. The maximum absolute atomic E-state index is 12.9. The van der Waals surface area contributed by atoms with Gasteiger partial charge in [0.05, 0.1) is 16.9 Å². The van der Waals surface area contributed by atoms with Crippen molar-refractivity contribution < 1.29 is 13.2 Å². The van der Waals surface area contributed by atoms with Crippen LogP contribution in [-0.2, 0) is 12.6 Å². The van der Waals surface area contributed by atoms with Crippen LogP contribution in [0.25, 0.3) is 16.9 Å². The van der Waals surface area contributed by atoms with E-state index in [0.717, 1.165) is 64.1 Å². The van der Waals surface area contributed by atoms with Crippen LogP contribution >= 0.6 is 22.6 Å². The number of halogens is 4. The summed E-state index contributed by atoms with van der Waals surface area (Å²) in [6, 6.07) is 13.2. The van der Waals surface area contributed by atoms with Gasteiger partial charge in [-0.3, -0.25) is 0 Å². The van der Waals surface area contributed by atoms with E-state index >= 15 is 0 Å². The summed E-state index contributed by atoms with van der Waals surface area (Å²) in [7, 11) is 0. The first-order valence-corrected chi connectivity index (χ1v) is 9.81. The molecule has 1 aromatic heterocycles. The molecule has 1 N–H and O–H groups in total. The van der Waals surface area contributed by atoms with E-state index in [1.807, 2.05) is 24.3 Å². The highest BCUT2D eigenvalue weighted by atomic mass is 127. The van der Waals surface area contributed by atoms with Crippen LogP contribution in [-0.4, -0.2) is 16.3 Å². The molecule has 7 heteroatoms. The van der Waals surface area contributed by atoms with Gasteiger partial charge >= 0.3 is 6.18 Å². The average Bonchev–Trinajstić information content (AvgIpc) is 2.83. The Balaban J connectivity index is 1.85. The van der Waals surface area contributed by atoms with Crippen molar-refractivity contribution in [3.05, 3.63) is 63.2 Å². The van der Waals surface area contributed by atoms with Crippen LogP contribution in [0.2, 0.25) is 0 Å². The Bertz CT molecular complexity index is 962. The normalized spacial score (nSPS) is 14.4. The molecule has 2 heterocycles. The van der Waals surface area contributed by atoms with Gasteiger partial charge in [-0.15, -0.1) is 0 Å². The van der Waals surface area contributed by atoms with E-state index in [9.17, 15) is 13.2 Å². The summed E-state index contributed by atoms with van der Waals surface area (Å²) in [4.78, 5) is 0. The van der Waals surface area contributed by atoms with Crippen molar-refractivity contribution >= 4 is 28.4 Å². The Hall–Kier alpha value is -2.03. The minimum Gasteiger partial charge on any atom is -0.370 e. The highest BCUT2D eigenvalue weighted by Crippen LogP contribution is 2.36. The summed E-state index contributed by atoms with van der Waals surface area (Å²) in [6.45, 7) is 0.824. The fraction of sp³-hybridized carbons (Fsp3) is 0.250. The summed E-state index contributed by atoms with van der Waals surface area (Å²) in [5.74, 6) is 0.877. The second kappa shape index (κ2) is 7.18. The van der Waals surface area contributed by atoms with Crippen molar-refractivity contribution in [3.63, 3.8) is 0 Å². The van der Waals surface area contributed by atoms with Gasteiger partial charge in [-0.25, -0.2) is 4.68 Å². The minimum absolute atomic E-state index is 0.617. The molecule has 0 saturated carbocycles. The summed E-state index contributed by atoms with van der Waals surface area (Å²) in [6.07, 6.45) is -1.35. The lowest BCUT2D eigenvalue weighted by Gasteiger charge is -2.11. The van der Waals surface area contributed by atoms with Gasteiger partial charge in [-0.2, -0.15) is 18.3 Å². The molecule has 1 aliphatic rings. The first-order valence-electron chi connectivity index (χ1n) is 8.73. The third kappa shape index (κ3) is 3.56. The lowest BCUT2D eigenvalue weighted by molar-refractivity contribution is -0.137. The maximum atomic E-state index is 12.9. The number of benzene rings is 2. The third-order valence-electron chi connectivity index (χ3n) is 4.70. The first-order chi connectivity index (χ1) is 12.9. The Morgan fingerprint density at radius 3 is 2.44 bits per heavy atom. The summed E-state index contributed by atoms with van der Waals surface area (Å²) < 4.78 is 41.5. The molecule has 0 amide bonds. The van der Waals surface area contributed by atoms with E-state index in [-0.39, 0.29) is 0 Å². The molecule has 0 fully saturated rings. The van der Waals surface area contributed by atoms with Gasteiger partial charge in [0, 0.05) is 21.2 Å². The molecule has 27 heavy (non-hydrogen) atoms. The molecule has 0 saturated heterocycles. The number of fused-ring (bicyclic) bond motifs is 1. The molecule has 140 valence electrons. The zero-order chi connectivity index (χ0) is 19.0. The van der Waals surface area contributed by atoms with Crippen LogP contribution in [0.3, 0.4) is 0 Å². The molecule has 3 aromatic rings. The van der Waals surface area contributed by atoms with Crippen molar-refractivity contribution in [1.82, 2.24) is 9.78 Å². The lowest BCUT2D eigenvalue weighted by Crippen LogP contribution is -2.08. The second-order valence-corrected chi connectivity index (χ2v) is 7.66. The van der Waals surface area contributed by atoms with Crippen LogP contribution < -0.4 is 5.32 Å². The number of hydrogen-bond acceptors (Lipinski definition) is 2. The molecule has 0 bridgehead atoms. The van der Waals surface area contributed by atoms with Crippen LogP contribution in [0.5, 0.6) is 0 Å². The number of anilines is 1. The fourth-order valence-electron chi connectivity index (χ4n) is 3.35. The molecule has 0 aliphatic carbocycles. The molecule has 4 rings (SSSR count). The fourth-order valence-corrected chi connectivity index (χ4v) is 3.99. The number of aromatic nitrogens is 2. The van der Waals surface area contributed by atoms with E-state index in [0.29, 0.717) is 5.69 Å². The molecule has 0 spiro atoms.